The first kappa shape index (κ1) is 14.6. The second-order valence-corrected chi connectivity index (χ2v) is 5.73. The molecule has 5 heteroatoms. The number of nitrogens with zero attached hydrogens (tertiary/aromatic N) is 3. The topological polar surface area (TPSA) is 41.1 Å². The van der Waals surface area contributed by atoms with Crippen LogP contribution in [0.1, 0.15) is 5.56 Å². The average molecular weight is 313 g/mol. The average Bonchev–Trinajstić information content (AvgIpc) is 2.51. The van der Waals surface area contributed by atoms with Gasteiger partial charge in [-0.25, -0.2) is 4.98 Å². The molecule has 1 aromatic heterocycles. The number of nitrogens with one attached hydrogen (secondary N) is 1. The van der Waals surface area contributed by atoms with E-state index in [4.69, 9.17) is 11.6 Å². The Bertz CT molecular complexity index is 830. The van der Waals surface area contributed by atoms with Crippen molar-refractivity contribution in [3.63, 3.8) is 0 Å². The van der Waals surface area contributed by atoms with E-state index in [9.17, 15) is 0 Å². The van der Waals surface area contributed by atoms with Gasteiger partial charge in [-0.1, -0.05) is 29.8 Å². The maximum Gasteiger partial charge on any atom is 0.229 e. The zero-order chi connectivity index (χ0) is 15.7. The van der Waals surface area contributed by atoms with Gasteiger partial charge < -0.3 is 10.2 Å². The molecule has 3 aromatic rings. The van der Waals surface area contributed by atoms with Crippen molar-refractivity contribution in [1.82, 2.24) is 9.97 Å². The summed E-state index contributed by atoms with van der Waals surface area (Å²) < 4.78 is 0. The molecule has 0 atom stereocenters. The molecule has 0 aliphatic heterocycles. The molecule has 0 bridgehead atoms. The molecule has 0 saturated carbocycles. The van der Waals surface area contributed by atoms with Crippen molar-refractivity contribution in [3.05, 3.63) is 53.1 Å². The van der Waals surface area contributed by atoms with Crippen molar-refractivity contribution in [2.75, 3.05) is 24.3 Å². The Hall–Kier alpha value is -2.33. The predicted octanol–water partition coefficient (Wildman–Crippen LogP) is 4.40. The summed E-state index contributed by atoms with van der Waals surface area (Å²) in [5.41, 5.74) is 2.79. The van der Waals surface area contributed by atoms with E-state index < -0.39 is 0 Å². The summed E-state index contributed by atoms with van der Waals surface area (Å²) in [6, 6.07) is 13.7. The summed E-state index contributed by atoms with van der Waals surface area (Å²) in [6.45, 7) is 1.97. The Balaban J connectivity index is 2.09. The van der Waals surface area contributed by atoms with Crippen LogP contribution in [0.4, 0.5) is 17.5 Å². The first-order valence-electron chi connectivity index (χ1n) is 7.02. The van der Waals surface area contributed by atoms with E-state index in [1.165, 1.54) is 0 Å². The minimum Gasteiger partial charge on any atom is -0.362 e. The summed E-state index contributed by atoms with van der Waals surface area (Å²) in [5, 5.41) is 5.02. The van der Waals surface area contributed by atoms with Crippen LogP contribution in [-0.4, -0.2) is 24.1 Å². The lowest BCUT2D eigenvalue weighted by Crippen LogP contribution is -2.13. The lowest BCUT2D eigenvalue weighted by molar-refractivity contribution is 1.06. The largest absolute Gasteiger partial charge is 0.362 e. The van der Waals surface area contributed by atoms with Gasteiger partial charge in [0.05, 0.1) is 5.52 Å². The highest BCUT2D eigenvalue weighted by molar-refractivity contribution is 6.31. The monoisotopic (exact) mass is 312 g/mol. The number of hydrogen-bond acceptors (Lipinski definition) is 4. The van der Waals surface area contributed by atoms with Gasteiger partial charge in [-0.05, 0) is 36.8 Å². The van der Waals surface area contributed by atoms with Crippen molar-refractivity contribution in [2.45, 2.75) is 6.92 Å². The molecule has 0 spiro atoms. The second kappa shape index (κ2) is 5.81. The van der Waals surface area contributed by atoms with Gasteiger partial charge in [0.2, 0.25) is 5.95 Å². The molecule has 0 aliphatic carbocycles. The van der Waals surface area contributed by atoms with Gasteiger partial charge in [0, 0.05) is 30.2 Å². The smallest absolute Gasteiger partial charge is 0.229 e. The molecule has 1 N–H and O–H groups in total. The predicted molar refractivity (Wildman–Crippen MR) is 93.3 cm³/mol. The molecule has 112 valence electrons. The highest BCUT2D eigenvalue weighted by Crippen LogP contribution is 2.28. The highest BCUT2D eigenvalue weighted by atomic mass is 35.5. The lowest BCUT2D eigenvalue weighted by Gasteiger charge is -2.16. The third-order valence-electron chi connectivity index (χ3n) is 3.52. The molecule has 2 aromatic carbocycles. The number of para-hydroxylation sites is 1. The van der Waals surface area contributed by atoms with Crippen molar-refractivity contribution >= 4 is 40.0 Å². The minimum absolute atomic E-state index is 0.563. The van der Waals surface area contributed by atoms with Crippen LogP contribution in [0.5, 0.6) is 0 Å². The van der Waals surface area contributed by atoms with Crippen LogP contribution >= 0.6 is 11.6 Å². The number of benzene rings is 2. The van der Waals surface area contributed by atoms with E-state index in [1.54, 1.807) is 0 Å². The highest BCUT2D eigenvalue weighted by Gasteiger charge is 2.10. The molecule has 0 radical (unpaired) electrons. The Morgan fingerprint density at radius 2 is 1.77 bits per heavy atom. The SMILES string of the molecule is Cc1c(Cl)cccc1Nc1nc(N(C)C)c2ccccc2n1. The number of rotatable bonds is 3. The van der Waals surface area contributed by atoms with E-state index in [0.29, 0.717) is 5.95 Å². The Morgan fingerprint density at radius 3 is 2.55 bits per heavy atom. The van der Waals surface area contributed by atoms with Gasteiger partial charge in [0.15, 0.2) is 0 Å². The van der Waals surface area contributed by atoms with Crippen LogP contribution in [-0.2, 0) is 0 Å². The fourth-order valence-corrected chi connectivity index (χ4v) is 2.49. The lowest BCUT2D eigenvalue weighted by atomic mass is 10.2. The molecule has 3 rings (SSSR count). The molecule has 1 heterocycles. The first-order chi connectivity index (χ1) is 10.6. The molecule has 0 amide bonds. The molecule has 0 aliphatic rings. The summed E-state index contributed by atoms with van der Waals surface area (Å²) >= 11 is 6.17. The maximum absolute atomic E-state index is 6.17. The first-order valence-corrected chi connectivity index (χ1v) is 7.40. The van der Waals surface area contributed by atoms with Gasteiger partial charge in [-0.3, -0.25) is 0 Å². The van der Waals surface area contributed by atoms with Gasteiger partial charge in [0.1, 0.15) is 5.82 Å². The summed E-state index contributed by atoms with van der Waals surface area (Å²) in [7, 11) is 3.95. The molecular formula is C17H17ClN4. The number of halogens is 1. The van der Waals surface area contributed by atoms with Crippen LogP contribution in [0.3, 0.4) is 0 Å². The minimum atomic E-state index is 0.563. The third kappa shape index (κ3) is 2.70. The number of anilines is 3. The molecular weight excluding hydrogens is 296 g/mol. The van der Waals surface area contributed by atoms with Gasteiger partial charge >= 0.3 is 0 Å². The Morgan fingerprint density at radius 1 is 1.00 bits per heavy atom. The summed E-state index contributed by atoms with van der Waals surface area (Å²) in [4.78, 5) is 11.2. The van der Waals surface area contributed by atoms with E-state index in [1.807, 2.05) is 68.4 Å². The van der Waals surface area contributed by atoms with Crippen LogP contribution in [0.25, 0.3) is 10.9 Å². The van der Waals surface area contributed by atoms with Crippen molar-refractivity contribution in [3.8, 4) is 0 Å². The molecule has 0 fully saturated rings. The molecule has 4 nitrogen and oxygen atoms in total. The second-order valence-electron chi connectivity index (χ2n) is 5.32. The zero-order valence-electron chi connectivity index (χ0n) is 12.8. The molecule has 0 saturated heterocycles. The summed E-state index contributed by atoms with van der Waals surface area (Å²) in [5.74, 6) is 1.44. The Kier molecular flexibility index (Phi) is 3.86. The molecule has 0 unspecified atom stereocenters. The van der Waals surface area contributed by atoms with E-state index >= 15 is 0 Å². The number of aromatic nitrogens is 2. The third-order valence-corrected chi connectivity index (χ3v) is 3.93. The van der Waals surface area contributed by atoms with Crippen LogP contribution in [0.15, 0.2) is 42.5 Å². The van der Waals surface area contributed by atoms with Gasteiger partial charge in [-0.2, -0.15) is 4.98 Å². The van der Waals surface area contributed by atoms with E-state index in [-0.39, 0.29) is 0 Å². The van der Waals surface area contributed by atoms with Crippen molar-refractivity contribution < 1.29 is 0 Å². The maximum atomic E-state index is 6.17. The van der Waals surface area contributed by atoms with E-state index in [0.717, 1.165) is 33.0 Å². The zero-order valence-corrected chi connectivity index (χ0v) is 13.5. The summed E-state index contributed by atoms with van der Waals surface area (Å²) in [6.07, 6.45) is 0. The number of fused-ring (bicyclic) bond motifs is 1. The molecule has 22 heavy (non-hydrogen) atoms. The van der Waals surface area contributed by atoms with Gasteiger partial charge in [0.25, 0.3) is 0 Å². The quantitative estimate of drug-likeness (QED) is 0.778. The van der Waals surface area contributed by atoms with Crippen molar-refractivity contribution in [1.29, 1.82) is 0 Å². The number of hydrogen-bond donors (Lipinski definition) is 1. The standard InChI is InChI=1S/C17H17ClN4/c1-11-13(18)8-6-10-14(11)19-17-20-15-9-5-4-7-12(15)16(21-17)22(2)3/h4-10H,1-3H3,(H,19,20,21). The fourth-order valence-electron chi connectivity index (χ4n) is 2.32. The Labute approximate surface area is 134 Å². The van der Waals surface area contributed by atoms with E-state index in [2.05, 4.69) is 15.3 Å². The van der Waals surface area contributed by atoms with Crippen LogP contribution in [0.2, 0.25) is 5.02 Å². The van der Waals surface area contributed by atoms with Crippen LogP contribution in [0, 0.1) is 6.92 Å². The normalized spacial score (nSPS) is 10.7. The van der Waals surface area contributed by atoms with Crippen molar-refractivity contribution in [2.24, 2.45) is 0 Å². The van der Waals surface area contributed by atoms with Crippen LogP contribution < -0.4 is 10.2 Å². The fraction of sp³-hybridized carbons (Fsp3) is 0.176. The van der Waals surface area contributed by atoms with Gasteiger partial charge in [-0.15, -0.1) is 0 Å².